The second kappa shape index (κ2) is 9.89. The van der Waals surface area contributed by atoms with Crippen molar-refractivity contribution in [3.05, 3.63) is 47.5 Å². The number of amides is 2. The molecule has 1 aromatic heterocycles. The van der Waals surface area contributed by atoms with Crippen molar-refractivity contribution in [1.82, 2.24) is 20.2 Å². The molecule has 2 amide bonds. The first-order chi connectivity index (χ1) is 11.1. The van der Waals surface area contributed by atoms with Gasteiger partial charge in [0.15, 0.2) is 0 Å². The molecule has 2 aromatic rings. The summed E-state index contributed by atoms with van der Waals surface area (Å²) in [4.78, 5) is 15.1. The van der Waals surface area contributed by atoms with Crippen LogP contribution in [-0.4, -0.2) is 26.5 Å². The third-order valence-electron chi connectivity index (χ3n) is 3.33. The Hall–Kier alpha value is -2.12. The van der Waals surface area contributed by atoms with Crippen LogP contribution in [0.4, 0.5) is 4.79 Å². The van der Waals surface area contributed by atoms with E-state index in [1.807, 2.05) is 12.1 Å². The Kier molecular flexibility index (Phi) is 8.21. The Morgan fingerprint density at radius 2 is 2.12 bits per heavy atom. The predicted molar refractivity (Wildman–Crippen MR) is 96.5 cm³/mol. The number of hydrazone groups is 1. The molecule has 0 radical (unpaired) electrons. The zero-order valence-corrected chi connectivity index (χ0v) is 14.8. The van der Waals surface area contributed by atoms with Crippen LogP contribution in [-0.2, 0) is 0 Å². The monoisotopic (exact) mass is 370 g/mol. The number of hydrogen-bond donors (Lipinski definition) is 2. The summed E-state index contributed by atoms with van der Waals surface area (Å²) in [5.41, 5.74) is 8.94. The smallest absolute Gasteiger partial charge is 0.332 e. The highest BCUT2D eigenvalue weighted by atomic mass is 35.5. The highest BCUT2D eigenvalue weighted by Crippen LogP contribution is 2.22. The van der Waals surface area contributed by atoms with E-state index in [0.29, 0.717) is 10.7 Å². The number of nitrogens with one attached hydrogen (secondary N) is 1. The molecule has 1 aromatic carbocycles. The number of urea groups is 1. The normalized spacial score (nSPS) is 12.3. The molecule has 2 rings (SSSR count). The maximum atomic E-state index is 11.1. The molecule has 0 aliphatic rings. The number of halogens is 2. The largest absolute Gasteiger partial charge is 0.350 e. The summed E-state index contributed by atoms with van der Waals surface area (Å²) in [6.07, 6.45) is 5.92. The average Bonchev–Trinajstić information content (AvgIpc) is 3.05. The van der Waals surface area contributed by atoms with Crippen LogP contribution in [0.25, 0.3) is 0 Å². The van der Waals surface area contributed by atoms with Gasteiger partial charge in [-0.25, -0.2) is 19.9 Å². The Labute approximate surface area is 151 Å². The molecule has 0 saturated heterocycles. The standard InChI is InChI=1S/C15H19ClN6O.ClH/c1-2-3-4-13(22-10-18-9-19-22)14(20-21-15(17)23)11-5-7-12(16)8-6-11;/h5-10,13H,2-4H2,1H3,(H3,17,21,23);1H. The fourth-order valence-corrected chi connectivity index (χ4v) is 2.36. The molecule has 9 heteroatoms. The molecule has 0 spiro atoms. The third-order valence-corrected chi connectivity index (χ3v) is 3.58. The van der Waals surface area contributed by atoms with Gasteiger partial charge in [-0.05, 0) is 18.6 Å². The van der Waals surface area contributed by atoms with Crippen LogP contribution < -0.4 is 11.2 Å². The van der Waals surface area contributed by atoms with Gasteiger partial charge in [-0.1, -0.05) is 43.5 Å². The minimum absolute atomic E-state index is 0. The van der Waals surface area contributed by atoms with Crippen molar-refractivity contribution >= 4 is 35.8 Å². The van der Waals surface area contributed by atoms with Crippen LogP contribution in [0.1, 0.15) is 37.8 Å². The van der Waals surface area contributed by atoms with Crippen LogP contribution in [0.15, 0.2) is 42.0 Å². The summed E-state index contributed by atoms with van der Waals surface area (Å²) in [6.45, 7) is 2.11. The Morgan fingerprint density at radius 1 is 1.42 bits per heavy atom. The van der Waals surface area contributed by atoms with Crippen molar-refractivity contribution in [2.75, 3.05) is 0 Å². The van der Waals surface area contributed by atoms with E-state index in [1.165, 1.54) is 6.33 Å². The van der Waals surface area contributed by atoms with Crippen molar-refractivity contribution in [3.63, 3.8) is 0 Å². The number of hydrogen-bond acceptors (Lipinski definition) is 4. The van der Waals surface area contributed by atoms with E-state index >= 15 is 0 Å². The number of aromatic nitrogens is 3. The predicted octanol–water partition coefficient (Wildman–Crippen LogP) is 3.16. The summed E-state index contributed by atoms with van der Waals surface area (Å²) >= 11 is 5.95. The molecular weight excluding hydrogens is 351 g/mol. The Balaban J connectivity index is 0.00000288. The molecular formula is C15H20Cl2N6O. The topological polar surface area (TPSA) is 98.2 Å². The molecule has 0 aliphatic heterocycles. The quantitative estimate of drug-likeness (QED) is 0.578. The van der Waals surface area contributed by atoms with Gasteiger partial charge in [0.05, 0.1) is 11.8 Å². The minimum atomic E-state index is -0.718. The maximum absolute atomic E-state index is 11.1. The first-order valence-corrected chi connectivity index (χ1v) is 7.72. The number of nitrogens with two attached hydrogens (primary N) is 1. The summed E-state index contributed by atoms with van der Waals surface area (Å²) in [6, 6.07) is 6.36. The van der Waals surface area contributed by atoms with Gasteiger partial charge in [0.1, 0.15) is 12.7 Å². The first kappa shape index (κ1) is 19.9. The van der Waals surface area contributed by atoms with Gasteiger partial charge in [0.25, 0.3) is 0 Å². The molecule has 130 valence electrons. The van der Waals surface area contributed by atoms with Crippen molar-refractivity contribution < 1.29 is 4.79 Å². The lowest BCUT2D eigenvalue weighted by atomic mass is 9.99. The molecule has 0 saturated carbocycles. The van der Waals surface area contributed by atoms with Crippen LogP contribution in [0.3, 0.4) is 0 Å². The van der Waals surface area contributed by atoms with Crippen LogP contribution in [0.5, 0.6) is 0 Å². The SMILES string of the molecule is CCCCC(C(=NNC(N)=O)c1ccc(Cl)cc1)n1cncn1.Cl. The molecule has 3 N–H and O–H groups in total. The third kappa shape index (κ3) is 5.50. The van der Waals surface area contributed by atoms with E-state index in [1.54, 1.807) is 23.1 Å². The Morgan fingerprint density at radius 3 is 2.67 bits per heavy atom. The lowest BCUT2D eigenvalue weighted by molar-refractivity contribution is 0.249. The van der Waals surface area contributed by atoms with Crippen molar-refractivity contribution in [3.8, 4) is 0 Å². The molecule has 0 bridgehead atoms. The van der Waals surface area contributed by atoms with Crippen molar-refractivity contribution in [2.24, 2.45) is 10.8 Å². The van der Waals surface area contributed by atoms with E-state index in [9.17, 15) is 4.79 Å². The van der Waals surface area contributed by atoms with Gasteiger partial charge in [0.2, 0.25) is 0 Å². The average molecular weight is 371 g/mol. The fourth-order valence-electron chi connectivity index (χ4n) is 2.24. The second-order valence-electron chi connectivity index (χ2n) is 5.01. The summed E-state index contributed by atoms with van der Waals surface area (Å²) in [5.74, 6) is 0. The number of carbonyl (C=O) groups excluding carboxylic acids is 1. The number of primary amides is 1. The van der Waals surface area contributed by atoms with Gasteiger partial charge < -0.3 is 5.73 Å². The van der Waals surface area contributed by atoms with Crippen LogP contribution in [0, 0.1) is 0 Å². The first-order valence-electron chi connectivity index (χ1n) is 7.35. The lowest BCUT2D eigenvalue weighted by Crippen LogP contribution is -2.29. The van der Waals surface area contributed by atoms with E-state index in [0.717, 1.165) is 24.8 Å². The summed E-state index contributed by atoms with van der Waals surface area (Å²) in [5, 5.41) is 9.03. The van der Waals surface area contributed by atoms with Gasteiger partial charge in [-0.15, -0.1) is 12.4 Å². The summed E-state index contributed by atoms with van der Waals surface area (Å²) in [7, 11) is 0. The molecule has 1 atom stereocenters. The molecule has 0 aliphatic carbocycles. The molecule has 7 nitrogen and oxygen atoms in total. The zero-order chi connectivity index (χ0) is 16.7. The number of rotatable bonds is 7. The van der Waals surface area contributed by atoms with E-state index < -0.39 is 6.03 Å². The number of nitrogens with zero attached hydrogens (tertiary/aromatic N) is 4. The van der Waals surface area contributed by atoms with E-state index in [4.69, 9.17) is 17.3 Å². The van der Waals surface area contributed by atoms with E-state index in [2.05, 4.69) is 27.5 Å². The maximum Gasteiger partial charge on any atom is 0.332 e. The number of carbonyl (C=O) groups is 1. The van der Waals surface area contributed by atoms with Crippen molar-refractivity contribution in [2.45, 2.75) is 32.2 Å². The van der Waals surface area contributed by atoms with Gasteiger partial charge in [-0.2, -0.15) is 10.2 Å². The van der Waals surface area contributed by atoms with Gasteiger partial charge >= 0.3 is 6.03 Å². The van der Waals surface area contributed by atoms with Gasteiger partial charge in [-0.3, -0.25) is 0 Å². The molecule has 24 heavy (non-hydrogen) atoms. The lowest BCUT2D eigenvalue weighted by Gasteiger charge is -2.19. The highest BCUT2D eigenvalue weighted by Gasteiger charge is 2.21. The second-order valence-corrected chi connectivity index (χ2v) is 5.45. The molecule has 1 heterocycles. The Bertz CT molecular complexity index is 657. The molecule has 1 unspecified atom stereocenters. The zero-order valence-electron chi connectivity index (χ0n) is 13.2. The molecule has 0 fully saturated rings. The van der Waals surface area contributed by atoms with Crippen molar-refractivity contribution in [1.29, 1.82) is 0 Å². The fraction of sp³-hybridized carbons (Fsp3) is 0.333. The van der Waals surface area contributed by atoms with Crippen LogP contribution >= 0.6 is 24.0 Å². The van der Waals surface area contributed by atoms with E-state index in [-0.39, 0.29) is 18.4 Å². The highest BCUT2D eigenvalue weighted by molar-refractivity contribution is 6.30. The van der Waals surface area contributed by atoms with Gasteiger partial charge in [0, 0.05) is 10.6 Å². The minimum Gasteiger partial charge on any atom is -0.350 e. The number of unbranched alkanes of at least 4 members (excludes halogenated alkanes) is 1. The number of benzene rings is 1. The van der Waals surface area contributed by atoms with Crippen LogP contribution in [0.2, 0.25) is 5.02 Å². The summed E-state index contributed by atoms with van der Waals surface area (Å²) < 4.78 is 1.73.